The Morgan fingerprint density at radius 3 is 2.83 bits per heavy atom. The SMILES string of the molecule is CC(C)(C)[S@](=O)N[C@@H]1CCNc2c(Br)cccc21. The minimum absolute atomic E-state index is 0.152. The van der Waals surface area contributed by atoms with Crippen LogP contribution in [-0.2, 0) is 11.0 Å². The number of hydrogen-bond acceptors (Lipinski definition) is 2. The van der Waals surface area contributed by atoms with E-state index in [1.54, 1.807) is 0 Å². The summed E-state index contributed by atoms with van der Waals surface area (Å²) in [6.07, 6.45) is 0.950. The summed E-state index contributed by atoms with van der Waals surface area (Å²) in [4.78, 5) is 0. The second-order valence-corrected chi connectivity index (χ2v) is 8.32. The van der Waals surface area contributed by atoms with Crippen molar-refractivity contribution in [2.75, 3.05) is 11.9 Å². The lowest BCUT2D eigenvalue weighted by Gasteiger charge is -2.30. The number of benzene rings is 1. The molecule has 0 aliphatic carbocycles. The van der Waals surface area contributed by atoms with Crippen LogP contribution in [0.3, 0.4) is 0 Å². The fourth-order valence-electron chi connectivity index (χ4n) is 1.94. The van der Waals surface area contributed by atoms with Crippen molar-refractivity contribution >= 4 is 32.6 Å². The van der Waals surface area contributed by atoms with Gasteiger partial charge in [-0.1, -0.05) is 12.1 Å². The number of rotatable bonds is 2. The Kier molecular flexibility index (Phi) is 4.14. The van der Waals surface area contributed by atoms with Crippen LogP contribution >= 0.6 is 15.9 Å². The lowest BCUT2D eigenvalue weighted by atomic mass is 9.99. The van der Waals surface area contributed by atoms with Gasteiger partial charge in [0.05, 0.1) is 21.4 Å². The Labute approximate surface area is 119 Å². The molecule has 1 heterocycles. The van der Waals surface area contributed by atoms with Crippen LogP contribution in [0.1, 0.15) is 38.8 Å². The average Bonchev–Trinajstić information content (AvgIpc) is 2.29. The fraction of sp³-hybridized carbons (Fsp3) is 0.538. The lowest BCUT2D eigenvalue weighted by Crippen LogP contribution is -2.37. The topological polar surface area (TPSA) is 41.1 Å². The second-order valence-electron chi connectivity index (χ2n) is 5.47. The van der Waals surface area contributed by atoms with E-state index >= 15 is 0 Å². The van der Waals surface area contributed by atoms with E-state index in [9.17, 15) is 4.21 Å². The van der Waals surface area contributed by atoms with Gasteiger partial charge in [-0.3, -0.25) is 0 Å². The van der Waals surface area contributed by atoms with Gasteiger partial charge >= 0.3 is 0 Å². The molecule has 0 aromatic heterocycles. The molecule has 5 heteroatoms. The molecule has 0 amide bonds. The summed E-state index contributed by atoms with van der Waals surface area (Å²) in [6, 6.07) is 6.28. The first-order valence-corrected chi connectivity index (χ1v) is 8.04. The molecule has 0 unspecified atom stereocenters. The van der Waals surface area contributed by atoms with Crippen LogP contribution in [0.25, 0.3) is 0 Å². The maximum absolute atomic E-state index is 12.2. The number of anilines is 1. The van der Waals surface area contributed by atoms with Crippen LogP contribution in [0.5, 0.6) is 0 Å². The van der Waals surface area contributed by atoms with E-state index in [0.29, 0.717) is 0 Å². The molecule has 18 heavy (non-hydrogen) atoms. The highest BCUT2D eigenvalue weighted by Crippen LogP contribution is 2.35. The van der Waals surface area contributed by atoms with Crippen LogP contribution in [0.15, 0.2) is 22.7 Å². The number of nitrogens with one attached hydrogen (secondary N) is 2. The predicted molar refractivity (Wildman–Crippen MR) is 81.0 cm³/mol. The fourth-order valence-corrected chi connectivity index (χ4v) is 3.32. The first-order chi connectivity index (χ1) is 8.39. The van der Waals surface area contributed by atoms with Gasteiger partial charge in [0.25, 0.3) is 0 Å². The number of fused-ring (bicyclic) bond motifs is 1. The molecular formula is C13H19BrN2OS. The standard InChI is InChI=1S/C13H19BrN2OS/c1-13(2,3)18(17)16-11-7-8-15-12-9(11)5-4-6-10(12)14/h4-6,11,15-16H,7-8H2,1-3H3/t11-,18+/m1/s1. The molecule has 2 atom stereocenters. The quantitative estimate of drug-likeness (QED) is 0.872. The molecule has 100 valence electrons. The third-order valence-electron chi connectivity index (χ3n) is 2.96. The highest BCUT2D eigenvalue weighted by molar-refractivity contribution is 9.10. The summed E-state index contributed by atoms with van der Waals surface area (Å²) < 4.78 is 16.3. The number of hydrogen-bond donors (Lipinski definition) is 2. The summed E-state index contributed by atoms with van der Waals surface area (Å²) in [5.41, 5.74) is 2.31. The van der Waals surface area contributed by atoms with Crippen molar-refractivity contribution in [2.45, 2.75) is 38.0 Å². The van der Waals surface area contributed by atoms with Crippen LogP contribution in [-0.4, -0.2) is 15.5 Å². The molecule has 0 bridgehead atoms. The van der Waals surface area contributed by atoms with Gasteiger partial charge in [0.1, 0.15) is 0 Å². The van der Waals surface area contributed by atoms with Gasteiger partial charge in [0.15, 0.2) is 0 Å². The van der Waals surface area contributed by atoms with Crippen molar-refractivity contribution in [1.29, 1.82) is 0 Å². The molecule has 2 rings (SSSR count). The van der Waals surface area contributed by atoms with E-state index in [2.05, 4.69) is 32.0 Å². The molecule has 1 aromatic rings. The molecular weight excluding hydrogens is 312 g/mol. The van der Waals surface area contributed by atoms with E-state index in [0.717, 1.165) is 23.1 Å². The van der Waals surface area contributed by atoms with Crippen LogP contribution < -0.4 is 10.0 Å². The average molecular weight is 331 g/mol. The zero-order valence-electron chi connectivity index (χ0n) is 10.9. The summed E-state index contributed by atoms with van der Waals surface area (Å²) in [6.45, 7) is 6.85. The Bertz CT molecular complexity index is 471. The third-order valence-corrected chi connectivity index (χ3v) is 5.23. The van der Waals surface area contributed by atoms with E-state index in [4.69, 9.17) is 0 Å². The smallest absolute Gasteiger partial charge is 0.0975 e. The maximum Gasteiger partial charge on any atom is 0.0975 e. The van der Waals surface area contributed by atoms with Gasteiger partial charge in [-0.15, -0.1) is 0 Å². The molecule has 1 aliphatic heterocycles. The van der Waals surface area contributed by atoms with Crippen molar-refractivity contribution in [3.05, 3.63) is 28.2 Å². The Balaban J connectivity index is 2.24. The first-order valence-electron chi connectivity index (χ1n) is 6.10. The molecule has 1 aromatic carbocycles. The zero-order valence-corrected chi connectivity index (χ0v) is 13.3. The van der Waals surface area contributed by atoms with Gasteiger partial charge in [-0.2, -0.15) is 0 Å². The van der Waals surface area contributed by atoms with Gasteiger partial charge in [0.2, 0.25) is 0 Å². The Morgan fingerprint density at radius 2 is 2.17 bits per heavy atom. The zero-order chi connectivity index (χ0) is 13.3. The minimum Gasteiger partial charge on any atom is -0.384 e. The highest BCUT2D eigenvalue weighted by Gasteiger charge is 2.27. The molecule has 1 aliphatic rings. The normalized spacial score (nSPS) is 21.0. The molecule has 0 saturated carbocycles. The minimum atomic E-state index is -1.04. The molecule has 3 nitrogen and oxygen atoms in total. The van der Waals surface area contributed by atoms with Crippen molar-refractivity contribution in [2.24, 2.45) is 0 Å². The van der Waals surface area contributed by atoms with Crippen molar-refractivity contribution < 1.29 is 4.21 Å². The number of halogens is 1. The van der Waals surface area contributed by atoms with Crippen molar-refractivity contribution in [1.82, 2.24) is 4.72 Å². The highest BCUT2D eigenvalue weighted by atomic mass is 79.9. The monoisotopic (exact) mass is 330 g/mol. The second kappa shape index (κ2) is 5.31. The number of para-hydroxylation sites is 1. The maximum atomic E-state index is 12.2. The summed E-state index contributed by atoms with van der Waals surface area (Å²) in [7, 11) is -1.04. The van der Waals surface area contributed by atoms with E-state index in [-0.39, 0.29) is 10.8 Å². The molecule has 0 spiro atoms. The molecule has 0 radical (unpaired) electrons. The molecule has 2 N–H and O–H groups in total. The van der Waals surface area contributed by atoms with Crippen LogP contribution in [0.4, 0.5) is 5.69 Å². The van der Waals surface area contributed by atoms with Gasteiger partial charge in [-0.05, 0) is 54.8 Å². The Morgan fingerprint density at radius 1 is 1.44 bits per heavy atom. The molecule has 0 saturated heterocycles. The largest absolute Gasteiger partial charge is 0.384 e. The summed E-state index contributed by atoms with van der Waals surface area (Å²) >= 11 is 3.55. The summed E-state index contributed by atoms with van der Waals surface area (Å²) in [5.74, 6) is 0. The van der Waals surface area contributed by atoms with Crippen LogP contribution in [0.2, 0.25) is 0 Å². The van der Waals surface area contributed by atoms with E-state index < -0.39 is 11.0 Å². The Hall–Kier alpha value is -0.390. The lowest BCUT2D eigenvalue weighted by molar-refractivity contribution is 0.572. The van der Waals surface area contributed by atoms with Gasteiger partial charge in [0, 0.05) is 17.1 Å². The van der Waals surface area contributed by atoms with Crippen molar-refractivity contribution in [3.8, 4) is 0 Å². The van der Waals surface area contributed by atoms with Crippen LogP contribution in [0, 0.1) is 0 Å². The van der Waals surface area contributed by atoms with E-state index in [1.807, 2.05) is 32.9 Å². The predicted octanol–water partition coefficient (Wildman–Crippen LogP) is 3.36. The van der Waals surface area contributed by atoms with E-state index in [1.165, 1.54) is 5.56 Å². The summed E-state index contributed by atoms with van der Waals surface area (Å²) in [5, 5.41) is 3.39. The first kappa shape index (κ1) is 14.0. The van der Waals surface area contributed by atoms with Gasteiger partial charge < -0.3 is 5.32 Å². The van der Waals surface area contributed by atoms with Gasteiger partial charge in [-0.25, -0.2) is 8.93 Å². The van der Waals surface area contributed by atoms with Crippen molar-refractivity contribution in [3.63, 3.8) is 0 Å². The third kappa shape index (κ3) is 2.95. The molecule has 0 fully saturated rings.